The first-order valence-electron chi connectivity index (χ1n) is 5.32. The zero-order valence-corrected chi connectivity index (χ0v) is 10.8. The predicted octanol–water partition coefficient (Wildman–Crippen LogP) is 2.92. The molecular formula is C13H13BrN2O. The SMILES string of the molecule is NCC(Oc1ccccc1Br)c1ccncc1. The predicted molar refractivity (Wildman–Crippen MR) is 70.8 cm³/mol. The number of para-hydroxylation sites is 1. The summed E-state index contributed by atoms with van der Waals surface area (Å²) < 4.78 is 6.80. The van der Waals surface area contributed by atoms with E-state index in [0.717, 1.165) is 15.8 Å². The second-order valence-corrected chi connectivity index (χ2v) is 4.41. The lowest BCUT2D eigenvalue weighted by atomic mass is 10.1. The third-order valence-electron chi connectivity index (χ3n) is 2.40. The van der Waals surface area contributed by atoms with Crippen LogP contribution in [0, 0.1) is 0 Å². The second-order valence-electron chi connectivity index (χ2n) is 3.55. The van der Waals surface area contributed by atoms with Gasteiger partial charge >= 0.3 is 0 Å². The highest BCUT2D eigenvalue weighted by atomic mass is 79.9. The molecule has 4 heteroatoms. The maximum atomic E-state index is 5.88. The van der Waals surface area contributed by atoms with Crippen molar-refractivity contribution in [2.45, 2.75) is 6.10 Å². The summed E-state index contributed by atoms with van der Waals surface area (Å²) in [6.45, 7) is 0.422. The third kappa shape index (κ3) is 3.05. The highest BCUT2D eigenvalue weighted by molar-refractivity contribution is 9.10. The van der Waals surface area contributed by atoms with Crippen molar-refractivity contribution in [1.29, 1.82) is 0 Å². The van der Waals surface area contributed by atoms with Crippen LogP contribution in [0.25, 0.3) is 0 Å². The Kier molecular flexibility index (Phi) is 4.12. The molecule has 1 heterocycles. The lowest BCUT2D eigenvalue weighted by molar-refractivity contribution is 0.212. The number of hydrogen-bond acceptors (Lipinski definition) is 3. The summed E-state index contributed by atoms with van der Waals surface area (Å²) in [5.74, 6) is 0.791. The molecule has 0 bridgehead atoms. The van der Waals surface area contributed by atoms with Crippen molar-refractivity contribution in [3.05, 3.63) is 58.8 Å². The molecule has 3 nitrogen and oxygen atoms in total. The Bertz CT molecular complexity index is 476. The fourth-order valence-electron chi connectivity index (χ4n) is 1.52. The van der Waals surface area contributed by atoms with Gasteiger partial charge in [0.15, 0.2) is 0 Å². The van der Waals surface area contributed by atoms with Crippen LogP contribution in [0.2, 0.25) is 0 Å². The summed E-state index contributed by atoms with van der Waals surface area (Å²) in [6, 6.07) is 11.5. The maximum absolute atomic E-state index is 5.88. The molecule has 2 aromatic rings. The Hall–Kier alpha value is -1.39. The topological polar surface area (TPSA) is 48.1 Å². The van der Waals surface area contributed by atoms with E-state index in [4.69, 9.17) is 10.5 Å². The van der Waals surface area contributed by atoms with Crippen molar-refractivity contribution in [2.24, 2.45) is 5.73 Å². The van der Waals surface area contributed by atoms with Crippen LogP contribution in [0.4, 0.5) is 0 Å². The Morgan fingerprint density at radius 1 is 1.18 bits per heavy atom. The van der Waals surface area contributed by atoms with Gasteiger partial charge in [-0.25, -0.2) is 0 Å². The lowest BCUT2D eigenvalue weighted by Crippen LogP contribution is -2.18. The van der Waals surface area contributed by atoms with Gasteiger partial charge in [0.05, 0.1) is 4.47 Å². The first kappa shape index (κ1) is 12.1. The Morgan fingerprint density at radius 3 is 2.53 bits per heavy atom. The molecule has 17 heavy (non-hydrogen) atoms. The van der Waals surface area contributed by atoms with Crippen LogP contribution in [-0.4, -0.2) is 11.5 Å². The molecule has 88 valence electrons. The fourth-order valence-corrected chi connectivity index (χ4v) is 1.90. The number of aromatic nitrogens is 1. The lowest BCUT2D eigenvalue weighted by Gasteiger charge is -2.18. The molecule has 0 fully saturated rings. The standard InChI is InChI=1S/C13H13BrN2O/c14-11-3-1-2-4-12(11)17-13(9-15)10-5-7-16-8-6-10/h1-8,13H,9,15H2. The monoisotopic (exact) mass is 292 g/mol. The Labute approximate surface area is 109 Å². The van der Waals surface area contributed by atoms with Crippen LogP contribution in [-0.2, 0) is 0 Å². The smallest absolute Gasteiger partial charge is 0.136 e. The average Bonchev–Trinajstić information content (AvgIpc) is 2.39. The number of pyridine rings is 1. The number of halogens is 1. The largest absolute Gasteiger partial charge is 0.483 e. The van der Waals surface area contributed by atoms with Gasteiger partial charge in [-0.05, 0) is 45.8 Å². The molecule has 0 saturated carbocycles. The zero-order chi connectivity index (χ0) is 12.1. The van der Waals surface area contributed by atoms with E-state index in [-0.39, 0.29) is 6.10 Å². The molecule has 0 radical (unpaired) electrons. The molecule has 2 N–H and O–H groups in total. The van der Waals surface area contributed by atoms with Gasteiger partial charge < -0.3 is 10.5 Å². The van der Waals surface area contributed by atoms with E-state index in [2.05, 4.69) is 20.9 Å². The number of hydrogen-bond donors (Lipinski definition) is 1. The second kappa shape index (κ2) is 5.80. The third-order valence-corrected chi connectivity index (χ3v) is 3.05. The molecule has 0 saturated heterocycles. The molecule has 1 atom stereocenters. The van der Waals surface area contributed by atoms with Gasteiger partial charge in [0.1, 0.15) is 11.9 Å². The molecule has 0 aliphatic heterocycles. The minimum atomic E-state index is -0.156. The van der Waals surface area contributed by atoms with Crippen LogP contribution in [0.1, 0.15) is 11.7 Å². The molecule has 1 unspecified atom stereocenters. The van der Waals surface area contributed by atoms with Crippen molar-refractivity contribution in [3.63, 3.8) is 0 Å². The molecule has 0 aliphatic rings. The highest BCUT2D eigenvalue weighted by Crippen LogP contribution is 2.28. The molecule has 2 rings (SSSR count). The summed E-state index contributed by atoms with van der Waals surface area (Å²) >= 11 is 3.45. The maximum Gasteiger partial charge on any atom is 0.136 e. The molecule has 1 aromatic carbocycles. The van der Waals surface area contributed by atoms with Crippen LogP contribution < -0.4 is 10.5 Å². The van der Waals surface area contributed by atoms with Gasteiger partial charge in [-0.3, -0.25) is 4.98 Å². The van der Waals surface area contributed by atoms with Crippen molar-refractivity contribution in [2.75, 3.05) is 6.54 Å². The van der Waals surface area contributed by atoms with Crippen LogP contribution in [0.3, 0.4) is 0 Å². The fraction of sp³-hybridized carbons (Fsp3) is 0.154. The number of nitrogens with zero attached hydrogens (tertiary/aromatic N) is 1. The quantitative estimate of drug-likeness (QED) is 0.943. The Balaban J connectivity index is 2.19. The number of nitrogens with two attached hydrogens (primary N) is 1. The number of ether oxygens (including phenoxy) is 1. The van der Waals surface area contributed by atoms with E-state index in [1.807, 2.05) is 36.4 Å². The molecule has 0 amide bonds. The van der Waals surface area contributed by atoms with E-state index < -0.39 is 0 Å². The van der Waals surface area contributed by atoms with E-state index in [1.165, 1.54) is 0 Å². The molecular weight excluding hydrogens is 280 g/mol. The zero-order valence-electron chi connectivity index (χ0n) is 9.21. The first-order chi connectivity index (χ1) is 8.31. The van der Waals surface area contributed by atoms with Gasteiger partial charge in [0.25, 0.3) is 0 Å². The summed E-state index contributed by atoms with van der Waals surface area (Å²) in [4.78, 5) is 3.98. The molecule has 0 aliphatic carbocycles. The van der Waals surface area contributed by atoms with Crippen LogP contribution in [0.15, 0.2) is 53.3 Å². The van der Waals surface area contributed by atoms with Gasteiger partial charge in [-0.1, -0.05) is 12.1 Å². The first-order valence-corrected chi connectivity index (χ1v) is 6.11. The van der Waals surface area contributed by atoms with Crippen molar-refractivity contribution < 1.29 is 4.74 Å². The normalized spacial score (nSPS) is 12.1. The summed E-state index contributed by atoms with van der Waals surface area (Å²) in [7, 11) is 0. The minimum Gasteiger partial charge on any atom is -0.483 e. The van der Waals surface area contributed by atoms with Crippen molar-refractivity contribution in [1.82, 2.24) is 4.98 Å². The van der Waals surface area contributed by atoms with Crippen molar-refractivity contribution >= 4 is 15.9 Å². The van der Waals surface area contributed by atoms with Crippen molar-refractivity contribution in [3.8, 4) is 5.75 Å². The van der Waals surface area contributed by atoms with Gasteiger partial charge in [0.2, 0.25) is 0 Å². The number of rotatable bonds is 4. The van der Waals surface area contributed by atoms with E-state index in [9.17, 15) is 0 Å². The van der Waals surface area contributed by atoms with Crippen LogP contribution >= 0.6 is 15.9 Å². The minimum absolute atomic E-state index is 0.156. The summed E-state index contributed by atoms with van der Waals surface area (Å²) in [5, 5.41) is 0. The Morgan fingerprint density at radius 2 is 1.88 bits per heavy atom. The summed E-state index contributed by atoms with van der Waals surface area (Å²) in [5.41, 5.74) is 6.77. The van der Waals surface area contributed by atoms with E-state index in [1.54, 1.807) is 12.4 Å². The highest BCUT2D eigenvalue weighted by Gasteiger charge is 2.12. The van der Waals surface area contributed by atoms with Gasteiger partial charge in [-0.15, -0.1) is 0 Å². The molecule has 1 aromatic heterocycles. The molecule has 0 spiro atoms. The van der Waals surface area contributed by atoms with E-state index in [0.29, 0.717) is 6.54 Å². The summed E-state index contributed by atoms with van der Waals surface area (Å²) in [6.07, 6.45) is 3.32. The van der Waals surface area contributed by atoms with E-state index >= 15 is 0 Å². The average molecular weight is 293 g/mol. The van der Waals surface area contributed by atoms with Crippen LogP contribution in [0.5, 0.6) is 5.75 Å². The van der Waals surface area contributed by atoms with Gasteiger partial charge in [0, 0.05) is 18.9 Å². The van der Waals surface area contributed by atoms with Gasteiger partial charge in [-0.2, -0.15) is 0 Å². The number of benzene rings is 1.